The van der Waals surface area contributed by atoms with Crippen LogP contribution in [0, 0.1) is 11.3 Å². The normalized spacial score (nSPS) is 15.0. The molecule has 3 aromatic rings. The van der Waals surface area contributed by atoms with E-state index in [9.17, 15) is 4.79 Å². The maximum Gasteiger partial charge on any atom is 0.260 e. The molecule has 1 aliphatic rings. The van der Waals surface area contributed by atoms with Gasteiger partial charge < -0.3 is 9.47 Å². The lowest BCUT2D eigenvalue weighted by atomic mass is 10.1. The third-order valence-electron chi connectivity index (χ3n) is 5.13. The number of fused-ring (bicyclic) bond motifs is 1. The second-order valence-electron chi connectivity index (χ2n) is 6.93. The molecule has 0 aliphatic carbocycles. The van der Waals surface area contributed by atoms with E-state index in [1.807, 2.05) is 42.5 Å². The zero-order valence-electron chi connectivity index (χ0n) is 15.3. The van der Waals surface area contributed by atoms with Crippen LogP contribution in [0.1, 0.15) is 11.1 Å². The monoisotopic (exact) mass is 359 g/mol. The molecular weight excluding hydrogens is 338 g/mol. The highest BCUT2D eigenvalue weighted by molar-refractivity contribution is 5.81. The maximum absolute atomic E-state index is 12.2. The first-order chi connectivity index (χ1) is 13.1. The summed E-state index contributed by atoms with van der Waals surface area (Å²) in [6, 6.07) is 15.9. The van der Waals surface area contributed by atoms with Crippen LogP contribution in [-0.4, -0.2) is 40.6 Å². The molecule has 1 fully saturated rings. The molecule has 0 spiro atoms. The first kappa shape index (κ1) is 17.3. The molecule has 0 bridgehead atoms. The molecule has 6 heteroatoms. The van der Waals surface area contributed by atoms with E-state index in [2.05, 4.69) is 20.9 Å². The van der Waals surface area contributed by atoms with Crippen LogP contribution in [0.3, 0.4) is 0 Å². The minimum absolute atomic E-state index is 0.0150. The molecule has 4 rings (SSSR count). The Balaban J connectivity index is 1.43. The smallest absolute Gasteiger partial charge is 0.260 e. The van der Waals surface area contributed by atoms with Crippen molar-refractivity contribution in [3.8, 4) is 6.07 Å². The topological polar surface area (TPSA) is 65.2 Å². The zero-order chi connectivity index (χ0) is 18.8. The second-order valence-corrected chi connectivity index (χ2v) is 6.93. The summed E-state index contributed by atoms with van der Waals surface area (Å²) >= 11 is 0. The van der Waals surface area contributed by atoms with Crippen LogP contribution in [-0.2, 0) is 13.6 Å². The molecule has 27 heavy (non-hydrogen) atoms. The molecule has 136 valence electrons. The molecule has 6 nitrogen and oxygen atoms in total. The lowest BCUT2D eigenvalue weighted by Crippen LogP contribution is -2.46. The highest BCUT2D eigenvalue weighted by Crippen LogP contribution is 2.21. The standard InChI is InChI=1S/C21H21N5O/c1-24-15-23-20-12-18(6-7-19(20)21(24)27)26-10-8-25(9-11-26)14-17-4-2-16(13-22)3-5-17/h2-7,12,15H,8-11,14H2,1H3. The Morgan fingerprint density at radius 1 is 1.07 bits per heavy atom. The van der Waals surface area contributed by atoms with Crippen LogP contribution < -0.4 is 10.5 Å². The number of hydrogen-bond acceptors (Lipinski definition) is 5. The largest absolute Gasteiger partial charge is 0.369 e. The number of nitriles is 1. The number of benzene rings is 2. The summed E-state index contributed by atoms with van der Waals surface area (Å²) in [5.74, 6) is 0. The van der Waals surface area contributed by atoms with Crippen molar-refractivity contribution in [2.45, 2.75) is 6.54 Å². The van der Waals surface area contributed by atoms with Crippen molar-refractivity contribution in [2.75, 3.05) is 31.1 Å². The summed E-state index contributed by atoms with van der Waals surface area (Å²) < 4.78 is 1.50. The highest BCUT2D eigenvalue weighted by atomic mass is 16.1. The van der Waals surface area contributed by atoms with Gasteiger partial charge in [-0.15, -0.1) is 0 Å². The van der Waals surface area contributed by atoms with Gasteiger partial charge in [-0.2, -0.15) is 5.26 Å². The minimum atomic E-state index is -0.0150. The van der Waals surface area contributed by atoms with E-state index in [1.54, 1.807) is 13.4 Å². The quantitative estimate of drug-likeness (QED) is 0.717. The Morgan fingerprint density at radius 2 is 1.81 bits per heavy atom. The van der Waals surface area contributed by atoms with Gasteiger partial charge in [0, 0.05) is 45.5 Å². The molecule has 0 amide bonds. The van der Waals surface area contributed by atoms with Gasteiger partial charge in [-0.25, -0.2) is 4.98 Å². The molecule has 0 unspecified atom stereocenters. The van der Waals surface area contributed by atoms with Crippen LogP contribution in [0.2, 0.25) is 0 Å². The molecule has 0 radical (unpaired) electrons. The number of hydrogen-bond donors (Lipinski definition) is 0. The Kier molecular flexibility index (Phi) is 4.61. The average Bonchev–Trinajstić information content (AvgIpc) is 2.72. The van der Waals surface area contributed by atoms with Crippen LogP contribution in [0.5, 0.6) is 0 Å². The number of nitrogens with zero attached hydrogens (tertiary/aromatic N) is 5. The predicted molar refractivity (Wildman–Crippen MR) is 106 cm³/mol. The fourth-order valence-electron chi connectivity index (χ4n) is 3.50. The van der Waals surface area contributed by atoms with Crippen molar-refractivity contribution >= 4 is 16.6 Å². The summed E-state index contributed by atoms with van der Waals surface area (Å²) in [6.45, 7) is 4.72. The fourth-order valence-corrected chi connectivity index (χ4v) is 3.50. The maximum atomic E-state index is 12.2. The molecule has 2 heterocycles. The summed E-state index contributed by atoms with van der Waals surface area (Å²) in [6.07, 6.45) is 1.57. The number of aromatic nitrogens is 2. The molecule has 0 N–H and O–H groups in total. The van der Waals surface area contributed by atoms with Gasteiger partial charge in [-0.05, 0) is 35.9 Å². The summed E-state index contributed by atoms with van der Waals surface area (Å²) in [4.78, 5) is 21.3. The van der Waals surface area contributed by atoms with E-state index in [1.165, 1.54) is 10.1 Å². The number of rotatable bonds is 3. The molecule has 1 aliphatic heterocycles. The van der Waals surface area contributed by atoms with Crippen LogP contribution in [0.4, 0.5) is 5.69 Å². The molecule has 0 atom stereocenters. The predicted octanol–water partition coefficient (Wildman–Crippen LogP) is 2.13. The Labute approximate surface area is 157 Å². The first-order valence-electron chi connectivity index (χ1n) is 9.06. The molecule has 1 saturated heterocycles. The molecular formula is C21H21N5O. The van der Waals surface area contributed by atoms with Crippen molar-refractivity contribution in [3.05, 3.63) is 70.3 Å². The van der Waals surface area contributed by atoms with Gasteiger partial charge in [0.2, 0.25) is 0 Å². The number of piperazine rings is 1. The molecule has 2 aromatic carbocycles. The van der Waals surface area contributed by atoms with E-state index < -0.39 is 0 Å². The Morgan fingerprint density at radius 3 is 2.52 bits per heavy atom. The van der Waals surface area contributed by atoms with Crippen molar-refractivity contribution < 1.29 is 0 Å². The van der Waals surface area contributed by atoms with Crippen molar-refractivity contribution in [2.24, 2.45) is 7.05 Å². The SMILES string of the molecule is Cn1cnc2cc(N3CCN(Cc4ccc(C#N)cc4)CC3)ccc2c1=O. The molecule has 1 aromatic heterocycles. The zero-order valence-corrected chi connectivity index (χ0v) is 15.3. The summed E-state index contributed by atoms with van der Waals surface area (Å²) in [5.41, 5.74) is 3.77. The van der Waals surface area contributed by atoms with Crippen LogP contribution in [0.15, 0.2) is 53.6 Å². The van der Waals surface area contributed by atoms with E-state index in [0.29, 0.717) is 10.9 Å². The van der Waals surface area contributed by atoms with E-state index >= 15 is 0 Å². The van der Waals surface area contributed by atoms with Crippen LogP contribution >= 0.6 is 0 Å². The van der Waals surface area contributed by atoms with Gasteiger partial charge in [0.15, 0.2) is 0 Å². The van der Waals surface area contributed by atoms with Gasteiger partial charge in [-0.3, -0.25) is 9.69 Å². The minimum Gasteiger partial charge on any atom is -0.369 e. The lowest BCUT2D eigenvalue weighted by Gasteiger charge is -2.36. The number of aryl methyl sites for hydroxylation is 1. The summed E-state index contributed by atoms with van der Waals surface area (Å²) in [7, 11) is 1.72. The van der Waals surface area contributed by atoms with Crippen LogP contribution in [0.25, 0.3) is 10.9 Å². The van der Waals surface area contributed by atoms with Gasteiger partial charge in [0.05, 0.1) is 28.9 Å². The third kappa shape index (κ3) is 3.55. The van der Waals surface area contributed by atoms with Crippen molar-refractivity contribution in [1.29, 1.82) is 5.26 Å². The Bertz CT molecular complexity index is 1060. The number of anilines is 1. The van der Waals surface area contributed by atoms with Gasteiger partial charge >= 0.3 is 0 Å². The lowest BCUT2D eigenvalue weighted by molar-refractivity contribution is 0.250. The second kappa shape index (κ2) is 7.22. The average molecular weight is 359 g/mol. The van der Waals surface area contributed by atoms with E-state index in [-0.39, 0.29) is 5.56 Å². The van der Waals surface area contributed by atoms with E-state index in [0.717, 1.165) is 43.9 Å². The molecule has 0 saturated carbocycles. The van der Waals surface area contributed by atoms with Gasteiger partial charge in [0.25, 0.3) is 5.56 Å². The Hall–Kier alpha value is -3.17. The van der Waals surface area contributed by atoms with Crippen molar-refractivity contribution in [1.82, 2.24) is 14.5 Å². The summed E-state index contributed by atoms with van der Waals surface area (Å²) in [5, 5.41) is 9.55. The van der Waals surface area contributed by atoms with Gasteiger partial charge in [-0.1, -0.05) is 12.1 Å². The van der Waals surface area contributed by atoms with Crippen molar-refractivity contribution in [3.63, 3.8) is 0 Å². The van der Waals surface area contributed by atoms with E-state index in [4.69, 9.17) is 5.26 Å². The first-order valence-corrected chi connectivity index (χ1v) is 9.06. The van der Waals surface area contributed by atoms with Gasteiger partial charge in [0.1, 0.15) is 0 Å². The fraction of sp³-hybridized carbons (Fsp3) is 0.286. The highest BCUT2D eigenvalue weighted by Gasteiger charge is 2.18. The third-order valence-corrected chi connectivity index (χ3v) is 5.13.